The number of hydrogen-bond acceptors (Lipinski definition) is 5. The van der Waals surface area contributed by atoms with E-state index in [9.17, 15) is 14.9 Å². The Morgan fingerprint density at radius 2 is 2.00 bits per heavy atom. The third kappa shape index (κ3) is 3.04. The lowest BCUT2D eigenvalue weighted by atomic mass is 9.90. The van der Waals surface area contributed by atoms with Gasteiger partial charge >= 0.3 is 0 Å². The van der Waals surface area contributed by atoms with Crippen LogP contribution in [-0.4, -0.2) is 21.7 Å². The van der Waals surface area contributed by atoms with Crippen LogP contribution in [0.15, 0.2) is 28.8 Å². The molecule has 3 rings (SSSR count). The third-order valence-corrected chi connectivity index (χ3v) is 4.66. The molecular weight excluding hydrogens is 330 g/mol. The lowest BCUT2D eigenvalue weighted by Gasteiger charge is -2.08. The summed E-state index contributed by atoms with van der Waals surface area (Å²) < 4.78 is 5.09. The molecule has 1 atom stereocenters. The number of aryl methyl sites for hydroxylation is 3. The summed E-state index contributed by atoms with van der Waals surface area (Å²) in [5, 5.41) is 14.1. The number of nitrogens with one attached hydrogen (secondary N) is 1. The third-order valence-electron chi connectivity index (χ3n) is 4.66. The second-order valence-corrected chi connectivity index (χ2v) is 6.37. The Hall–Kier alpha value is -3.20. The summed E-state index contributed by atoms with van der Waals surface area (Å²) in [4.78, 5) is 28.6. The summed E-state index contributed by atoms with van der Waals surface area (Å²) >= 11 is 0. The van der Waals surface area contributed by atoms with Crippen molar-refractivity contribution in [3.8, 4) is 6.07 Å². The first kappa shape index (κ1) is 17.6. The topological polar surface area (TPSA) is 99.8 Å². The van der Waals surface area contributed by atoms with E-state index in [2.05, 4.69) is 10.1 Å². The number of Topliss-reactive ketones (excluding diaryl/α,β-unsaturated/α-hetero) is 2. The number of carbonyl (C=O) groups is 2. The highest BCUT2D eigenvalue weighted by Gasteiger charge is 2.30. The molecular formula is C20H19N3O3. The first-order valence-electron chi connectivity index (χ1n) is 8.39. The van der Waals surface area contributed by atoms with Gasteiger partial charge < -0.3 is 9.51 Å². The lowest BCUT2D eigenvalue weighted by Crippen LogP contribution is -2.23. The molecule has 1 N–H and O–H groups in total. The van der Waals surface area contributed by atoms with Crippen LogP contribution in [-0.2, 0) is 11.2 Å². The fourth-order valence-corrected chi connectivity index (χ4v) is 3.27. The Morgan fingerprint density at radius 1 is 1.27 bits per heavy atom. The molecule has 0 radical (unpaired) electrons. The van der Waals surface area contributed by atoms with E-state index in [1.54, 1.807) is 20.8 Å². The maximum atomic E-state index is 12.9. The van der Waals surface area contributed by atoms with Gasteiger partial charge in [-0.1, -0.05) is 23.4 Å². The Labute approximate surface area is 150 Å². The van der Waals surface area contributed by atoms with Gasteiger partial charge in [0.05, 0.1) is 11.8 Å². The molecule has 6 heteroatoms. The fourth-order valence-electron chi connectivity index (χ4n) is 3.27. The second kappa shape index (κ2) is 6.96. The zero-order chi connectivity index (χ0) is 18.8. The van der Waals surface area contributed by atoms with Gasteiger partial charge in [0.2, 0.25) is 0 Å². The van der Waals surface area contributed by atoms with Crippen molar-refractivity contribution in [2.45, 2.75) is 33.6 Å². The number of nitrogens with zero attached hydrogens (tertiary/aromatic N) is 2. The van der Waals surface area contributed by atoms with Gasteiger partial charge in [-0.05, 0) is 33.3 Å². The van der Waals surface area contributed by atoms with Gasteiger partial charge in [0, 0.05) is 34.1 Å². The molecule has 26 heavy (non-hydrogen) atoms. The quantitative estimate of drug-likeness (QED) is 0.541. The summed E-state index contributed by atoms with van der Waals surface area (Å²) in [5.41, 5.74) is 3.47. The summed E-state index contributed by atoms with van der Waals surface area (Å²) in [5.74, 6) is -1.50. The van der Waals surface area contributed by atoms with Gasteiger partial charge in [-0.15, -0.1) is 0 Å². The Kier molecular flexibility index (Phi) is 4.72. The molecule has 132 valence electrons. The summed E-state index contributed by atoms with van der Waals surface area (Å²) in [6.07, 6.45) is 0.493. The van der Waals surface area contributed by atoms with E-state index < -0.39 is 11.7 Å². The monoisotopic (exact) mass is 349 g/mol. The molecule has 3 aromatic rings. The number of nitriles is 1. The van der Waals surface area contributed by atoms with E-state index in [0.29, 0.717) is 23.4 Å². The molecule has 1 aromatic carbocycles. The number of aromatic nitrogens is 2. The molecule has 0 saturated heterocycles. The van der Waals surface area contributed by atoms with Gasteiger partial charge in [0.1, 0.15) is 5.76 Å². The van der Waals surface area contributed by atoms with Crippen LogP contribution >= 0.6 is 0 Å². The van der Waals surface area contributed by atoms with E-state index >= 15 is 0 Å². The number of carbonyl (C=O) groups excluding carboxylic acids is 2. The first-order chi connectivity index (χ1) is 12.4. The van der Waals surface area contributed by atoms with Gasteiger partial charge in [-0.25, -0.2) is 0 Å². The standard InChI is InChI=1S/C20H19N3O3/c1-11-14(13(3)26-23-11)8-9-18(24)16(10-21)20(25)19-12(2)22-17-7-5-4-6-15(17)19/h4-7,16,22H,8-9H2,1-3H3/t16-/m1/s1. The number of fused-ring (bicyclic) bond motifs is 1. The molecule has 2 heterocycles. The van der Waals surface area contributed by atoms with Gasteiger partial charge in [-0.3, -0.25) is 9.59 Å². The van der Waals surface area contributed by atoms with Crippen LogP contribution < -0.4 is 0 Å². The van der Waals surface area contributed by atoms with Gasteiger partial charge in [-0.2, -0.15) is 5.26 Å². The average molecular weight is 349 g/mol. The molecule has 6 nitrogen and oxygen atoms in total. The molecule has 0 amide bonds. The second-order valence-electron chi connectivity index (χ2n) is 6.37. The molecule has 0 spiro atoms. The smallest absolute Gasteiger partial charge is 0.189 e. The molecule has 0 aliphatic carbocycles. The summed E-state index contributed by atoms with van der Waals surface area (Å²) in [6, 6.07) is 9.25. The lowest BCUT2D eigenvalue weighted by molar-refractivity contribution is -0.120. The highest BCUT2D eigenvalue weighted by molar-refractivity contribution is 6.18. The molecule has 0 saturated carbocycles. The number of aromatic amines is 1. The van der Waals surface area contributed by atoms with E-state index in [0.717, 1.165) is 22.2 Å². The average Bonchev–Trinajstić information content (AvgIpc) is 3.12. The van der Waals surface area contributed by atoms with Crippen molar-refractivity contribution in [2.24, 2.45) is 5.92 Å². The Morgan fingerprint density at radius 3 is 2.65 bits per heavy atom. The van der Waals surface area contributed by atoms with Crippen molar-refractivity contribution in [3.05, 3.63) is 52.5 Å². The van der Waals surface area contributed by atoms with Crippen LogP contribution in [0, 0.1) is 38.0 Å². The van der Waals surface area contributed by atoms with E-state index in [4.69, 9.17) is 4.52 Å². The zero-order valence-corrected chi connectivity index (χ0v) is 14.9. The molecule has 0 fully saturated rings. The van der Waals surface area contributed by atoms with Gasteiger partial charge in [0.25, 0.3) is 0 Å². The molecule has 0 unspecified atom stereocenters. The van der Waals surface area contributed by atoms with Crippen LogP contribution in [0.25, 0.3) is 10.9 Å². The Balaban J connectivity index is 1.83. The van der Waals surface area contributed by atoms with Gasteiger partial charge in [0.15, 0.2) is 17.5 Å². The summed E-state index contributed by atoms with van der Waals surface area (Å²) in [7, 11) is 0. The minimum atomic E-state index is -1.31. The van der Waals surface area contributed by atoms with Crippen molar-refractivity contribution in [3.63, 3.8) is 0 Å². The van der Waals surface area contributed by atoms with Crippen molar-refractivity contribution in [1.82, 2.24) is 10.1 Å². The highest BCUT2D eigenvalue weighted by atomic mass is 16.5. The summed E-state index contributed by atoms with van der Waals surface area (Å²) in [6.45, 7) is 5.36. The van der Waals surface area contributed by atoms with E-state index in [-0.39, 0.29) is 12.2 Å². The zero-order valence-electron chi connectivity index (χ0n) is 14.9. The molecule has 0 aliphatic heterocycles. The maximum absolute atomic E-state index is 12.9. The van der Waals surface area contributed by atoms with Crippen molar-refractivity contribution < 1.29 is 14.1 Å². The highest BCUT2D eigenvalue weighted by Crippen LogP contribution is 2.25. The SMILES string of the molecule is Cc1noc(C)c1CCC(=O)[C@@H](C#N)C(=O)c1c(C)[nH]c2ccccc12. The van der Waals surface area contributed by atoms with E-state index in [1.807, 2.05) is 30.3 Å². The molecule has 0 aliphatic rings. The van der Waals surface area contributed by atoms with Crippen LogP contribution in [0.1, 0.15) is 39.5 Å². The van der Waals surface area contributed by atoms with Crippen LogP contribution in [0.4, 0.5) is 0 Å². The minimum absolute atomic E-state index is 0.0915. The van der Waals surface area contributed by atoms with Crippen LogP contribution in [0.5, 0.6) is 0 Å². The number of para-hydroxylation sites is 1. The minimum Gasteiger partial charge on any atom is -0.361 e. The van der Waals surface area contributed by atoms with E-state index in [1.165, 1.54) is 0 Å². The number of rotatable bonds is 6. The number of ketones is 2. The van der Waals surface area contributed by atoms with Crippen molar-refractivity contribution >= 4 is 22.5 Å². The fraction of sp³-hybridized carbons (Fsp3) is 0.300. The number of H-pyrrole nitrogens is 1. The molecule has 0 bridgehead atoms. The molecule has 2 aromatic heterocycles. The van der Waals surface area contributed by atoms with Crippen LogP contribution in [0.2, 0.25) is 0 Å². The van der Waals surface area contributed by atoms with Crippen LogP contribution in [0.3, 0.4) is 0 Å². The van der Waals surface area contributed by atoms with Crippen molar-refractivity contribution in [1.29, 1.82) is 5.26 Å². The first-order valence-corrected chi connectivity index (χ1v) is 8.39. The maximum Gasteiger partial charge on any atom is 0.189 e. The predicted octanol–water partition coefficient (Wildman–Crippen LogP) is 3.61. The Bertz CT molecular complexity index is 1020. The largest absolute Gasteiger partial charge is 0.361 e. The van der Waals surface area contributed by atoms with Crippen molar-refractivity contribution in [2.75, 3.05) is 0 Å². The number of hydrogen-bond donors (Lipinski definition) is 1. The predicted molar refractivity (Wildman–Crippen MR) is 95.8 cm³/mol. The normalized spacial score (nSPS) is 12.1. The number of benzene rings is 1.